The summed E-state index contributed by atoms with van der Waals surface area (Å²) in [5.74, 6) is -0.253. The van der Waals surface area contributed by atoms with Crippen LogP contribution in [0.5, 0.6) is 11.5 Å². The molecule has 0 unspecified atom stereocenters. The number of carbonyl (C=O) groups excluding carboxylic acids is 2. The van der Waals surface area contributed by atoms with Crippen LogP contribution in [0.15, 0.2) is 102 Å². The van der Waals surface area contributed by atoms with Gasteiger partial charge in [-0.15, -0.1) is 0 Å². The standard InChI is InChI=1S/C37H43N3O6S/c1-26(2)38-37(42)33(22-29-12-8-7-9-13-29)39(24-30-14-10-11-28(4)21-30)36(41)25-40(31-17-15-27(3)16-18-31)47(43,44)32-19-20-34(45-5)35(23-32)46-6/h7-21,23,26,33H,22,24-25H2,1-6H3,(H,38,42)/t33-/m1/s1. The van der Waals surface area contributed by atoms with Crippen molar-refractivity contribution in [3.05, 3.63) is 119 Å². The molecule has 0 aliphatic carbocycles. The van der Waals surface area contributed by atoms with Crippen molar-refractivity contribution in [3.63, 3.8) is 0 Å². The monoisotopic (exact) mass is 657 g/mol. The van der Waals surface area contributed by atoms with Crippen molar-refractivity contribution in [1.29, 1.82) is 0 Å². The minimum atomic E-state index is -4.31. The summed E-state index contributed by atoms with van der Waals surface area (Å²) in [5, 5.41) is 2.98. The lowest BCUT2D eigenvalue weighted by Crippen LogP contribution is -2.54. The van der Waals surface area contributed by atoms with Gasteiger partial charge in [-0.25, -0.2) is 8.42 Å². The number of sulfonamides is 1. The van der Waals surface area contributed by atoms with Gasteiger partial charge in [-0.1, -0.05) is 77.9 Å². The highest BCUT2D eigenvalue weighted by Crippen LogP contribution is 2.32. The third-order valence-electron chi connectivity index (χ3n) is 7.68. The SMILES string of the molecule is COc1ccc(S(=O)(=O)N(CC(=O)N(Cc2cccc(C)c2)[C@H](Cc2ccccc2)C(=O)NC(C)C)c2ccc(C)cc2)cc1OC. The maximum absolute atomic E-state index is 14.6. The highest BCUT2D eigenvalue weighted by molar-refractivity contribution is 7.92. The van der Waals surface area contributed by atoms with Crippen LogP contribution in [0.2, 0.25) is 0 Å². The van der Waals surface area contributed by atoms with Crippen LogP contribution in [0.3, 0.4) is 0 Å². The molecule has 1 N–H and O–H groups in total. The zero-order chi connectivity index (χ0) is 34.1. The van der Waals surface area contributed by atoms with Crippen LogP contribution < -0.4 is 19.1 Å². The zero-order valence-corrected chi connectivity index (χ0v) is 28.6. The van der Waals surface area contributed by atoms with Gasteiger partial charge in [0.2, 0.25) is 11.8 Å². The first-order valence-electron chi connectivity index (χ1n) is 15.4. The van der Waals surface area contributed by atoms with Crippen molar-refractivity contribution in [1.82, 2.24) is 10.2 Å². The second-order valence-electron chi connectivity index (χ2n) is 11.7. The number of ether oxygens (including phenoxy) is 2. The van der Waals surface area contributed by atoms with E-state index in [0.29, 0.717) is 11.4 Å². The molecule has 0 saturated carbocycles. The molecular formula is C37H43N3O6S. The van der Waals surface area contributed by atoms with Crippen LogP contribution >= 0.6 is 0 Å². The van der Waals surface area contributed by atoms with E-state index in [4.69, 9.17) is 9.47 Å². The molecule has 1 atom stereocenters. The molecule has 2 amide bonds. The molecule has 0 bridgehead atoms. The minimum absolute atomic E-state index is 0.0767. The molecule has 4 aromatic rings. The number of nitrogens with zero attached hydrogens (tertiary/aromatic N) is 2. The van der Waals surface area contributed by atoms with E-state index in [1.165, 1.54) is 37.3 Å². The van der Waals surface area contributed by atoms with Gasteiger partial charge >= 0.3 is 0 Å². The van der Waals surface area contributed by atoms with Crippen LogP contribution in [0.4, 0.5) is 5.69 Å². The summed E-state index contributed by atoms with van der Waals surface area (Å²) >= 11 is 0. The fourth-order valence-corrected chi connectivity index (χ4v) is 6.72. The number of amides is 2. The molecule has 4 aromatic carbocycles. The summed E-state index contributed by atoms with van der Waals surface area (Å²) in [6.07, 6.45) is 0.240. The lowest BCUT2D eigenvalue weighted by atomic mass is 10.0. The average Bonchev–Trinajstić information content (AvgIpc) is 3.05. The zero-order valence-electron chi connectivity index (χ0n) is 27.8. The molecule has 10 heteroatoms. The van der Waals surface area contributed by atoms with Gasteiger partial charge in [-0.2, -0.15) is 0 Å². The van der Waals surface area contributed by atoms with Crippen molar-refractivity contribution in [2.75, 3.05) is 25.1 Å². The predicted molar refractivity (Wildman–Crippen MR) is 184 cm³/mol. The Morgan fingerprint density at radius 2 is 1.43 bits per heavy atom. The maximum atomic E-state index is 14.6. The van der Waals surface area contributed by atoms with Crippen LogP contribution in [0.25, 0.3) is 0 Å². The normalized spacial score (nSPS) is 11.9. The van der Waals surface area contributed by atoms with Crippen LogP contribution in [-0.4, -0.2) is 58.0 Å². The molecule has 0 radical (unpaired) electrons. The van der Waals surface area contributed by atoms with Gasteiger partial charge in [0, 0.05) is 25.1 Å². The molecule has 4 rings (SSSR count). The van der Waals surface area contributed by atoms with Gasteiger partial charge in [-0.3, -0.25) is 13.9 Å². The molecule has 9 nitrogen and oxygen atoms in total. The van der Waals surface area contributed by atoms with E-state index in [-0.39, 0.29) is 35.6 Å². The van der Waals surface area contributed by atoms with E-state index in [9.17, 15) is 18.0 Å². The van der Waals surface area contributed by atoms with Gasteiger partial charge in [-0.05, 0) is 63.1 Å². The topological polar surface area (TPSA) is 105 Å². The number of nitrogens with one attached hydrogen (secondary N) is 1. The number of carbonyl (C=O) groups is 2. The Morgan fingerprint density at radius 1 is 0.766 bits per heavy atom. The molecule has 248 valence electrons. The Bertz CT molecular complexity index is 1780. The summed E-state index contributed by atoms with van der Waals surface area (Å²) in [6.45, 7) is 7.12. The Morgan fingerprint density at radius 3 is 2.04 bits per heavy atom. The van der Waals surface area contributed by atoms with Crippen molar-refractivity contribution < 1.29 is 27.5 Å². The van der Waals surface area contributed by atoms with E-state index in [2.05, 4.69) is 5.32 Å². The van der Waals surface area contributed by atoms with Gasteiger partial charge in [0.25, 0.3) is 10.0 Å². The molecule has 0 aliphatic rings. The van der Waals surface area contributed by atoms with Gasteiger partial charge in [0.15, 0.2) is 11.5 Å². The lowest BCUT2D eigenvalue weighted by Gasteiger charge is -2.34. The van der Waals surface area contributed by atoms with E-state index < -0.39 is 28.5 Å². The van der Waals surface area contributed by atoms with Crippen molar-refractivity contribution in [2.24, 2.45) is 0 Å². The number of benzene rings is 4. The van der Waals surface area contributed by atoms with Crippen molar-refractivity contribution in [3.8, 4) is 11.5 Å². The van der Waals surface area contributed by atoms with Crippen LogP contribution in [0.1, 0.15) is 36.1 Å². The number of aryl methyl sites for hydroxylation is 2. The second-order valence-corrected chi connectivity index (χ2v) is 13.6. The molecular weight excluding hydrogens is 614 g/mol. The smallest absolute Gasteiger partial charge is 0.264 e. The third kappa shape index (κ3) is 8.92. The Hall–Kier alpha value is -4.83. The van der Waals surface area contributed by atoms with Gasteiger partial charge in [0.05, 0.1) is 24.8 Å². The summed E-state index contributed by atoms with van der Waals surface area (Å²) in [7, 11) is -1.42. The summed E-state index contributed by atoms with van der Waals surface area (Å²) in [4.78, 5) is 29.9. The molecule has 0 fully saturated rings. The molecule has 0 aliphatic heterocycles. The summed E-state index contributed by atoms with van der Waals surface area (Å²) in [6, 6.07) is 27.3. The highest BCUT2D eigenvalue weighted by atomic mass is 32.2. The second kappa shape index (κ2) is 15.6. The van der Waals surface area contributed by atoms with E-state index in [0.717, 1.165) is 26.6 Å². The predicted octanol–water partition coefficient (Wildman–Crippen LogP) is 5.68. The Kier molecular flexibility index (Phi) is 11.7. The van der Waals surface area contributed by atoms with Gasteiger partial charge in [0.1, 0.15) is 12.6 Å². The Balaban J connectivity index is 1.83. The number of rotatable bonds is 14. The van der Waals surface area contributed by atoms with Gasteiger partial charge < -0.3 is 19.7 Å². The lowest BCUT2D eigenvalue weighted by molar-refractivity contribution is -0.140. The molecule has 0 heterocycles. The van der Waals surface area contributed by atoms with E-state index >= 15 is 0 Å². The first kappa shape index (κ1) is 35.0. The third-order valence-corrected chi connectivity index (χ3v) is 9.45. The summed E-state index contributed by atoms with van der Waals surface area (Å²) in [5.41, 5.74) is 3.92. The fraction of sp³-hybridized carbons (Fsp3) is 0.297. The fourth-order valence-electron chi connectivity index (χ4n) is 5.29. The highest BCUT2D eigenvalue weighted by Gasteiger charge is 2.35. The van der Waals surface area contributed by atoms with E-state index in [1.807, 2.05) is 82.3 Å². The first-order chi connectivity index (χ1) is 22.4. The Labute approximate surface area is 278 Å². The minimum Gasteiger partial charge on any atom is -0.493 e. The van der Waals surface area contributed by atoms with Crippen LogP contribution in [0, 0.1) is 13.8 Å². The van der Waals surface area contributed by atoms with Crippen molar-refractivity contribution in [2.45, 2.75) is 57.6 Å². The number of hydrogen-bond donors (Lipinski definition) is 1. The number of anilines is 1. The molecule has 0 aromatic heterocycles. The molecule has 0 saturated heterocycles. The van der Waals surface area contributed by atoms with Crippen LogP contribution in [-0.2, 0) is 32.6 Å². The largest absolute Gasteiger partial charge is 0.493 e. The summed E-state index contributed by atoms with van der Waals surface area (Å²) < 4.78 is 40.5. The quantitative estimate of drug-likeness (QED) is 0.187. The maximum Gasteiger partial charge on any atom is 0.264 e. The number of hydrogen-bond acceptors (Lipinski definition) is 6. The molecule has 0 spiro atoms. The molecule has 47 heavy (non-hydrogen) atoms. The number of methoxy groups -OCH3 is 2. The van der Waals surface area contributed by atoms with Crippen molar-refractivity contribution >= 4 is 27.5 Å². The first-order valence-corrected chi connectivity index (χ1v) is 16.9. The van der Waals surface area contributed by atoms with E-state index in [1.54, 1.807) is 24.3 Å². The average molecular weight is 658 g/mol.